The molecule has 2 rings (SSSR count). The number of hydrogen-bond acceptors (Lipinski definition) is 3. The third-order valence-electron chi connectivity index (χ3n) is 4.31. The fourth-order valence-corrected chi connectivity index (χ4v) is 3.41. The Kier molecular flexibility index (Phi) is 4.45. The van der Waals surface area contributed by atoms with Gasteiger partial charge in [-0.25, -0.2) is 0 Å². The van der Waals surface area contributed by atoms with Gasteiger partial charge in [0.05, 0.1) is 5.41 Å². The van der Waals surface area contributed by atoms with E-state index in [-0.39, 0.29) is 23.3 Å². The van der Waals surface area contributed by atoms with E-state index in [4.69, 9.17) is 0 Å². The molecule has 2 amide bonds. The van der Waals surface area contributed by atoms with Crippen molar-refractivity contribution in [2.45, 2.75) is 45.6 Å². The molecule has 2 atom stereocenters. The molecular formula is C14H25N3O2. The van der Waals surface area contributed by atoms with Crippen LogP contribution in [-0.4, -0.2) is 48.9 Å². The van der Waals surface area contributed by atoms with Crippen LogP contribution < -0.4 is 10.6 Å². The van der Waals surface area contributed by atoms with E-state index in [0.29, 0.717) is 6.54 Å². The summed E-state index contributed by atoms with van der Waals surface area (Å²) in [5, 5.41) is 6.24. The molecule has 108 valence electrons. The first-order valence-electron chi connectivity index (χ1n) is 7.34. The largest absolute Gasteiger partial charge is 0.352 e. The number of rotatable bonds is 4. The van der Waals surface area contributed by atoms with Gasteiger partial charge in [0.2, 0.25) is 11.8 Å². The molecule has 2 N–H and O–H groups in total. The normalized spacial score (nSPS) is 30.6. The zero-order valence-electron chi connectivity index (χ0n) is 12.0. The van der Waals surface area contributed by atoms with Crippen molar-refractivity contribution in [3.05, 3.63) is 0 Å². The van der Waals surface area contributed by atoms with E-state index >= 15 is 0 Å². The Balaban J connectivity index is 1.97. The predicted molar refractivity (Wildman–Crippen MR) is 73.6 cm³/mol. The van der Waals surface area contributed by atoms with Gasteiger partial charge >= 0.3 is 0 Å². The molecule has 5 heteroatoms. The van der Waals surface area contributed by atoms with Gasteiger partial charge in [-0.15, -0.1) is 0 Å². The molecule has 0 bridgehead atoms. The Hall–Kier alpha value is -1.10. The van der Waals surface area contributed by atoms with Crippen molar-refractivity contribution in [2.24, 2.45) is 5.41 Å². The molecule has 19 heavy (non-hydrogen) atoms. The monoisotopic (exact) mass is 267 g/mol. The van der Waals surface area contributed by atoms with Crippen LogP contribution in [0.4, 0.5) is 0 Å². The van der Waals surface area contributed by atoms with Crippen molar-refractivity contribution in [1.29, 1.82) is 0 Å². The van der Waals surface area contributed by atoms with Crippen molar-refractivity contribution in [2.75, 3.05) is 26.2 Å². The molecule has 2 aliphatic heterocycles. The highest BCUT2D eigenvalue weighted by Gasteiger charge is 2.44. The van der Waals surface area contributed by atoms with Crippen LogP contribution in [0.2, 0.25) is 0 Å². The maximum absolute atomic E-state index is 12.8. The number of carbonyl (C=O) groups is 2. The maximum atomic E-state index is 12.8. The predicted octanol–water partition coefficient (Wildman–Crippen LogP) is 0.503. The number of hydrogen-bond donors (Lipinski definition) is 2. The summed E-state index contributed by atoms with van der Waals surface area (Å²) in [5.74, 6) is 0.275. The quantitative estimate of drug-likeness (QED) is 0.780. The van der Waals surface area contributed by atoms with Gasteiger partial charge in [-0.2, -0.15) is 0 Å². The highest BCUT2D eigenvalue weighted by Crippen LogP contribution is 2.34. The first-order chi connectivity index (χ1) is 9.07. The van der Waals surface area contributed by atoms with Crippen molar-refractivity contribution < 1.29 is 9.59 Å². The summed E-state index contributed by atoms with van der Waals surface area (Å²) in [4.78, 5) is 25.8. The minimum absolute atomic E-state index is 0.00916. The lowest BCUT2D eigenvalue weighted by molar-refractivity contribution is -0.140. The fraction of sp³-hybridized carbons (Fsp3) is 0.857. The Bertz CT molecular complexity index is 351. The highest BCUT2D eigenvalue weighted by molar-refractivity contribution is 5.84. The number of amides is 2. The molecule has 0 saturated carbocycles. The molecule has 0 aromatic heterocycles. The molecule has 0 aliphatic carbocycles. The van der Waals surface area contributed by atoms with Crippen molar-refractivity contribution in [1.82, 2.24) is 15.5 Å². The zero-order chi connectivity index (χ0) is 13.9. The topological polar surface area (TPSA) is 61.4 Å². The van der Waals surface area contributed by atoms with Crippen LogP contribution >= 0.6 is 0 Å². The van der Waals surface area contributed by atoms with Gasteiger partial charge in [-0.05, 0) is 25.8 Å². The molecule has 2 heterocycles. The first-order valence-corrected chi connectivity index (χ1v) is 7.34. The smallest absolute Gasteiger partial charge is 0.230 e. The second-order valence-electron chi connectivity index (χ2n) is 5.89. The highest BCUT2D eigenvalue weighted by atomic mass is 16.2. The molecule has 0 radical (unpaired) electrons. The Morgan fingerprint density at radius 1 is 1.47 bits per heavy atom. The lowest BCUT2D eigenvalue weighted by Gasteiger charge is -2.31. The average molecular weight is 267 g/mol. The summed E-state index contributed by atoms with van der Waals surface area (Å²) in [6.45, 7) is 6.86. The van der Waals surface area contributed by atoms with E-state index in [1.807, 2.05) is 4.90 Å². The summed E-state index contributed by atoms with van der Waals surface area (Å²) in [5.41, 5.74) is -0.195. The van der Waals surface area contributed by atoms with Gasteiger partial charge in [-0.3, -0.25) is 9.59 Å². The lowest BCUT2D eigenvalue weighted by atomic mass is 9.81. The van der Waals surface area contributed by atoms with Gasteiger partial charge < -0.3 is 15.5 Å². The summed E-state index contributed by atoms with van der Waals surface area (Å²) in [7, 11) is 0. The van der Waals surface area contributed by atoms with Gasteiger partial charge in [0, 0.05) is 32.6 Å². The average Bonchev–Trinajstić information content (AvgIpc) is 2.98. The van der Waals surface area contributed by atoms with Gasteiger partial charge in [-0.1, -0.05) is 13.3 Å². The molecule has 0 aromatic carbocycles. The van der Waals surface area contributed by atoms with E-state index in [9.17, 15) is 9.59 Å². The van der Waals surface area contributed by atoms with Crippen molar-refractivity contribution in [3.8, 4) is 0 Å². The molecular weight excluding hydrogens is 242 g/mol. The SMILES string of the molecule is CCCC1(C(=O)N2CCC(NC(C)=O)C2)CCNC1. The van der Waals surface area contributed by atoms with E-state index in [2.05, 4.69) is 17.6 Å². The summed E-state index contributed by atoms with van der Waals surface area (Å²) in [6.07, 6.45) is 3.82. The fourth-order valence-electron chi connectivity index (χ4n) is 3.41. The second-order valence-corrected chi connectivity index (χ2v) is 5.89. The van der Waals surface area contributed by atoms with Crippen LogP contribution in [0, 0.1) is 5.41 Å². The number of nitrogens with one attached hydrogen (secondary N) is 2. The molecule has 5 nitrogen and oxygen atoms in total. The summed E-state index contributed by atoms with van der Waals surface area (Å²) >= 11 is 0. The molecule has 2 fully saturated rings. The van der Waals surface area contributed by atoms with Crippen molar-refractivity contribution >= 4 is 11.8 Å². The van der Waals surface area contributed by atoms with Crippen LogP contribution in [0.1, 0.15) is 39.5 Å². The number of nitrogens with zero attached hydrogens (tertiary/aromatic N) is 1. The Labute approximate surface area is 115 Å². The van der Waals surface area contributed by atoms with Gasteiger partial charge in [0.25, 0.3) is 0 Å². The summed E-state index contributed by atoms with van der Waals surface area (Å²) in [6, 6.07) is 0.134. The molecule has 0 aromatic rings. The molecule has 0 spiro atoms. The van der Waals surface area contributed by atoms with E-state index in [1.165, 1.54) is 6.92 Å². The van der Waals surface area contributed by atoms with Crippen LogP contribution in [-0.2, 0) is 9.59 Å². The maximum Gasteiger partial charge on any atom is 0.230 e. The van der Waals surface area contributed by atoms with E-state index in [0.717, 1.165) is 45.3 Å². The Morgan fingerprint density at radius 3 is 2.84 bits per heavy atom. The molecule has 2 saturated heterocycles. The van der Waals surface area contributed by atoms with Crippen LogP contribution in [0.5, 0.6) is 0 Å². The van der Waals surface area contributed by atoms with Crippen molar-refractivity contribution in [3.63, 3.8) is 0 Å². The van der Waals surface area contributed by atoms with Crippen LogP contribution in [0.3, 0.4) is 0 Å². The number of likely N-dealkylation sites (tertiary alicyclic amines) is 1. The second kappa shape index (κ2) is 5.90. The number of carbonyl (C=O) groups excluding carboxylic acids is 2. The zero-order valence-corrected chi connectivity index (χ0v) is 12.0. The van der Waals surface area contributed by atoms with Gasteiger partial charge in [0.1, 0.15) is 0 Å². The molecule has 2 unspecified atom stereocenters. The summed E-state index contributed by atoms with van der Waals surface area (Å²) < 4.78 is 0. The lowest BCUT2D eigenvalue weighted by Crippen LogP contribution is -2.45. The minimum atomic E-state index is -0.195. The third-order valence-corrected chi connectivity index (χ3v) is 4.31. The Morgan fingerprint density at radius 2 is 2.26 bits per heavy atom. The molecule has 2 aliphatic rings. The minimum Gasteiger partial charge on any atom is -0.352 e. The third kappa shape index (κ3) is 3.08. The van der Waals surface area contributed by atoms with Gasteiger partial charge in [0.15, 0.2) is 0 Å². The van der Waals surface area contributed by atoms with Crippen LogP contribution in [0.15, 0.2) is 0 Å². The standard InChI is InChI=1S/C14H25N3O2/c1-3-5-14(6-7-15-10-14)13(19)17-8-4-12(9-17)16-11(2)18/h12,15H,3-10H2,1-2H3,(H,16,18). The van der Waals surface area contributed by atoms with E-state index in [1.54, 1.807) is 0 Å². The first kappa shape index (κ1) is 14.3. The van der Waals surface area contributed by atoms with Crippen LogP contribution in [0.25, 0.3) is 0 Å². The van der Waals surface area contributed by atoms with E-state index < -0.39 is 0 Å².